The Hall–Kier alpha value is -2.83. The molecule has 0 bridgehead atoms. The first-order chi connectivity index (χ1) is 15.8. The fraction of sp³-hybridized carbons (Fsp3) is 0.286. The summed E-state index contributed by atoms with van der Waals surface area (Å²) in [5.74, 6) is -1.24. The number of hydrogen-bond acceptors (Lipinski definition) is 7. The van der Waals surface area contributed by atoms with E-state index in [1.54, 1.807) is 22.8 Å². The molecule has 1 aromatic heterocycles. The van der Waals surface area contributed by atoms with Crippen LogP contribution in [-0.4, -0.2) is 71.3 Å². The van der Waals surface area contributed by atoms with E-state index in [1.807, 2.05) is 30.3 Å². The lowest BCUT2D eigenvalue weighted by Gasteiger charge is -2.32. The zero-order valence-electron chi connectivity index (χ0n) is 17.3. The van der Waals surface area contributed by atoms with Crippen LogP contribution < -0.4 is 0 Å². The molecule has 0 spiro atoms. The molecule has 0 saturated carbocycles. The van der Waals surface area contributed by atoms with Crippen molar-refractivity contribution in [1.82, 2.24) is 19.7 Å². The van der Waals surface area contributed by atoms with Crippen molar-refractivity contribution in [2.24, 2.45) is 0 Å². The highest BCUT2D eigenvalue weighted by Gasteiger charge is 2.28. The lowest BCUT2D eigenvalue weighted by Crippen LogP contribution is -2.48. The number of amides is 1. The fourth-order valence-corrected chi connectivity index (χ4v) is 4.98. The Balaban J connectivity index is 1.54. The summed E-state index contributed by atoms with van der Waals surface area (Å²) in [6.45, 7) is 0.372. The van der Waals surface area contributed by atoms with Gasteiger partial charge in [-0.1, -0.05) is 42.1 Å². The minimum Gasteiger partial charge on any atom is -0.373 e. The molecule has 12 heteroatoms. The third kappa shape index (κ3) is 5.75. The van der Waals surface area contributed by atoms with Crippen molar-refractivity contribution < 1.29 is 26.2 Å². The van der Waals surface area contributed by atoms with E-state index in [4.69, 9.17) is 4.74 Å². The molecule has 0 N–H and O–H groups in total. The highest BCUT2D eigenvalue weighted by atomic mass is 32.3. The van der Waals surface area contributed by atoms with Crippen molar-refractivity contribution in [3.8, 4) is 17.1 Å². The average Bonchev–Trinajstić information content (AvgIpc) is 3.21. The van der Waals surface area contributed by atoms with Gasteiger partial charge in [-0.25, -0.2) is 4.39 Å². The smallest absolute Gasteiger partial charge is 0.305 e. The number of para-hydroxylation sites is 1. The number of thioether (sulfide) groups is 1. The van der Waals surface area contributed by atoms with Gasteiger partial charge in [-0.2, -0.15) is 8.42 Å². The van der Waals surface area contributed by atoms with Gasteiger partial charge in [0.2, 0.25) is 5.91 Å². The molecule has 2 aromatic carbocycles. The van der Waals surface area contributed by atoms with Gasteiger partial charge in [-0.15, -0.1) is 14.1 Å². The molecule has 1 saturated heterocycles. The molecular weight excluding hydrogens is 474 g/mol. The highest BCUT2D eigenvalue weighted by Crippen LogP contribution is 2.29. The van der Waals surface area contributed by atoms with Gasteiger partial charge in [0.05, 0.1) is 24.0 Å². The van der Waals surface area contributed by atoms with Gasteiger partial charge in [-0.05, 0) is 24.3 Å². The maximum Gasteiger partial charge on any atom is 0.305 e. The number of nitrogens with zero attached hydrogens (tertiary/aromatic N) is 4. The van der Waals surface area contributed by atoms with Crippen molar-refractivity contribution in [2.45, 2.75) is 11.3 Å². The summed E-state index contributed by atoms with van der Waals surface area (Å²) < 4.78 is 56.2. The molecule has 33 heavy (non-hydrogen) atoms. The van der Waals surface area contributed by atoms with Crippen LogP contribution in [0.4, 0.5) is 8.28 Å². The molecule has 2 heterocycles. The molecule has 1 aliphatic rings. The fourth-order valence-electron chi connectivity index (χ4n) is 3.48. The van der Waals surface area contributed by atoms with Crippen LogP contribution in [-0.2, 0) is 19.8 Å². The number of carbonyl (C=O) groups excluding carboxylic acids is 1. The van der Waals surface area contributed by atoms with Crippen molar-refractivity contribution in [3.63, 3.8) is 0 Å². The Morgan fingerprint density at radius 3 is 2.58 bits per heavy atom. The normalized spacial score (nSPS) is 16.7. The van der Waals surface area contributed by atoms with Crippen LogP contribution in [0.1, 0.15) is 0 Å². The molecule has 4 rings (SSSR count). The first-order valence-corrected chi connectivity index (χ1v) is 12.6. The summed E-state index contributed by atoms with van der Waals surface area (Å²) in [6.07, 6.45) is -0.914. The summed E-state index contributed by atoms with van der Waals surface area (Å²) in [4.78, 5) is 14.2. The summed E-state index contributed by atoms with van der Waals surface area (Å²) in [7, 11) is -4.71. The van der Waals surface area contributed by atoms with Gasteiger partial charge >= 0.3 is 10.2 Å². The van der Waals surface area contributed by atoms with Crippen LogP contribution in [0.5, 0.6) is 0 Å². The maximum absolute atomic E-state index is 14.5. The van der Waals surface area contributed by atoms with E-state index >= 15 is 0 Å². The predicted octanol–water partition coefficient (Wildman–Crippen LogP) is 2.69. The molecule has 3 aromatic rings. The Bertz CT molecular complexity index is 1240. The van der Waals surface area contributed by atoms with E-state index in [9.17, 15) is 21.5 Å². The molecule has 8 nitrogen and oxygen atoms in total. The monoisotopic (exact) mass is 494 g/mol. The van der Waals surface area contributed by atoms with E-state index in [2.05, 4.69) is 10.2 Å². The standard InChI is InChI=1S/C21H20F2N4O4S2/c22-18-9-5-4-8-17(18)20-24-25-21(27(20)15-6-2-1-3-7-15)32-13-19(28)26-10-11-31-16(12-26)14-33(23,29)30/h1-9,16H,10-14H2. The zero-order chi connectivity index (χ0) is 23.4. The summed E-state index contributed by atoms with van der Waals surface area (Å²) in [6, 6.07) is 15.4. The summed E-state index contributed by atoms with van der Waals surface area (Å²) >= 11 is 1.12. The van der Waals surface area contributed by atoms with Gasteiger partial charge < -0.3 is 9.64 Å². The molecule has 0 radical (unpaired) electrons. The number of ether oxygens (including phenoxy) is 1. The van der Waals surface area contributed by atoms with E-state index in [0.29, 0.717) is 16.7 Å². The minimum atomic E-state index is -4.71. The van der Waals surface area contributed by atoms with Gasteiger partial charge in [0.1, 0.15) is 11.6 Å². The Morgan fingerprint density at radius 1 is 1.12 bits per heavy atom. The van der Waals surface area contributed by atoms with Crippen molar-refractivity contribution in [1.29, 1.82) is 0 Å². The number of rotatable bonds is 7. The average molecular weight is 495 g/mol. The van der Waals surface area contributed by atoms with Crippen LogP contribution in [0.2, 0.25) is 0 Å². The zero-order valence-corrected chi connectivity index (χ0v) is 18.9. The van der Waals surface area contributed by atoms with E-state index < -0.39 is 27.9 Å². The number of halogens is 2. The SMILES string of the molecule is O=C(CSc1nnc(-c2ccccc2F)n1-c1ccccc1)N1CCOC(CS(=O)(=O)F)C1. The van der Waals surface area contributed by atoms with E-state index in [0.717, 1.165) is 11.8 Å². The summed E-state index contributed by atoms with van der Waals surface area (Å²) in [5, 5.41) is 8.73. The van der Waals surface area contributed by atoms with Gasteiger partial charge in [-0.3, -0.25) is 9.36 Å². The lowest BCUT2D eigenvalue weighted by atomic mass is 10.2. The van der Waals surface area contributed by atoms with Crippen LogP contribution in [0.3, 0.4) is 0 Å². The molecule has 1 amide bonds. The largest absolute Gasteiger partial charge is 0.373 e. The second-order valence-corrected chi connectivity index (χ2v) is 9.64. The molecule has 1 fully saturated rings. The molecule has 1 unspecified atom stereocenters. The van der Waals surface area contributed by atoms with Crippen LogP contribution in [0.15, 0.2) is 59.8 Å². The number of carbonyl (C=O) groups is 1. The highest BCUT2D eigenvalue weighted by molar-refractivity contribution is 7.99. The van der Waals surface area contributed by atoms with Crippen molar-refractivity contribution in [2.75, 3.05) is 31.2 Å². The Kier molecular flexibility index (Phi) is 7.05. The lowest BCUT2D eigenvalue weighted by molar-refractivity contribution is -0.135. The Labute approximate surface area is 193 Å². The first-order valence-electron chi connectivity index (χ1n) is 10.0. The van der Waals surface area contributed by atoms with Crippen LogP contribution in [0.25, 0.3) is 17.1 Å². The number of benzene rings is 2. The number of morpholine rings is 1. The van der Waals surface area contributed by atoms with E-state index in [-0.39, 0.29) is 36.9 Å². The minimum absolute atomic E-state index is 0.0165. The second-order valence-electron chi connectivity index (χ2n) is 7.28. The molecule has 1 atom stereocenters. The summed E-state index contributed by atoms with van der Waals surface area (Å²) in [5.41, 5.74) is 0.978. The van der Waals surface area contributed by atoms with Gasteiger partial charge in [0.15, 0.2) is 11.0 Å². The maximum atomic E-state index is 14.5. The predicted molar refractivity (Wildman–Crippen MR) is 119 cm³/mol. The molecular formula is C21H20F2N4O4S2. The van der Waals surface area contributed by atoms with Crippen molar-refractivity contribution in [3.05, 3.63) is 60.4 Å². The first kappa shape index (κ1) is 23.3. The third-order valence-electron chi connectivity index (χ3n) is 4.96. The number of aromatic nitrogens is 3. The molecule has 0 aliphatic carbocycles. The van der Waals surface area contributed by atoms with Gasteiger partial charge in [0, 0.05) is 18.8 Å². The Morgan fingerprint density at radius 2 is 1.85 bits per heavy atom. The molecule has 1 aliphatic heterocycles. The van der Waals surface area contributed by atoms with Crippen LogP contribution >= 0.6 is 11.8 Å². The third-order valence-corrected chi connectivity index (χ3v) is 6.65. The second kappa shape index (κ2) is 9.98. The quantitative estimate of drug-likeness (QED) is 0.368. The topological polar surface area (TPSA) is 94.4 Å². The van der Waals surface area contributed by atoms with Crippen molar-refractivity contribution >= 4 is 27.9 Å². The van der Waals surface area contributed by atoms with E-state index in [1.165, 1.54) is 11.0 Å². The number of hydrogen-bond donors (Lipinski definition) is 0. The van der Waals surface area contributed by atoms with Gasteiger partial charge in [0.25, 0.3) is 0 Å². The molecule has 174 valence electrons. The van der Waals surface area contributed by atoms with Crippen LogP contribution in [0, 0.1) is 5.82 Å².